The summed E-state index contributed by atoms with van der Waals surface area (Å²) in [5, 5.41) is 1.56. The van der Waals surface area contributed by atoms with Gasteiger partial charge in [-0.25, -0.2) is 4.57 Å². The van der Waals surface area contributed by atoms with E-state index in [-0.39, 0.29) is 5.75 Å². The van der Waals surface area contributed by atoms with E-state index in [2.05, 4.69) is 4.52 Å². The molecule has 2 N–H and O–H groups in total. The van der Waals surface area contributed by atoms with Crippen molar-refractivity contribution in [2.45, 2.75) is 13.8 Å². The molecule has 0 aliphatic carbocycles. The molecule has 2 aromatic rings. The molecule has 20 heavy (non-hydrogen) atoms. The largest absolute Gasteiger partial charge is 0.524 e. The van der Waals surface area contributed by atoms with Crippen LogP contribution in [0.4, 0.5) is 0 Å². The van der Waals surface area contributed by atoms with Crippen LogP contribution < -0.4 is 4.52 Å². The van der Waals surface area contributed by atoms with Crippen molar-refractivity contribution in [2.75, 3.05) is 13.2 Å². The van der Waals surface area contributed by atoms with E-state index in [0.29, 0.717) is 5.39 Å². The lowest BCUT2D eigenvalue weighted by Gasteiger charge is -2.09. The standard InChI is InChI=1S/C10H9O4P.C4H10O/c11-15(12,13)14-10-7-3-5-8-4-1-2-6-9(8)10;1-3-5-4-2/h1-7H,(H2,11,12,13);3-4H2,1-2H3. The van der Waals surface area contributed by atoms with E-state index in [1.807, 2.05) is 32.0 Å². The molecule has 5 nitrogen and oxygen atoms in total. The lowest BCUT2D eigenvalue weighted by atomic mass is 10.1. The molecule has 0 fully saturated rings. The average Bonchev–Trinajstić information content (AvgIpc) is 2.39. The van der Waals surface area contributed by atoms with Crippen molar-refractivity contribution in [3.63, 3.8) is 0 Å². The molecule has 0 aliphatic rings. The van der Waals surface area contributed by atoms with Gasteiger partial charge in [0.2, 0.25) is 0 Å². The van der Waals surface area contributed by atoms with Gasteiger partial charge in [0.25, 0.3) is 0 Å². The van der Waals surface area contributed by atoms with Gasteiger partial charge in [0.05, 0.1) is 0 Å². The molecule has 0 saturated carbocycles. The van der Waals surface area contributed by atoms with Crippen LogP contribution >= 0.6 is 7.82 Å². The van der Waals surface area contributed by atoms with Crippen molar-refractivity contribution < 1.29 is 23.6 Å². The summed E-state index contributed by atoms with van der Waals surface area (Å²) in [5.74, 6) is 0.196. The van der Waals surface area contributed by atoms with Crippen LogP contribution in [0.5, 0.6) is 5.75 Å². The molecule has 0 unspecified atom stereocenters. The summed E-state index contributed by atoms with van der Waals surface area (Å²) < 4.78 is 20.1. The Morgan fingerprint density at radius 3 is 2.15 bits per heavy atom. The van der Waals surface area contributed by atoms with Gasteiger partial charge in [0.1, 0.15) is 5.75 Å². The lowest BCUT2D eigenvalue weighted by Crippen LogP contribution is -1.90. The molecular formula is C14H19O5P. The van der Waals surface area contributed by atoms with Crippen molar-refractivity contribution in [1.29, 1.82) is 0 Å². The third-order valence-electron chi connectivity index (χ3n) is 2.38. The average molecular weight is 298 g/mol. The highest BCUT2D eigenvalue weighted by Crippen LogP contribution is 2.40. The monoisotopic (exact) mass is 298 g/mol. The molecule has 0 bridgehead atoms. The summed E-state index contributed by atoms with van der Waals surface area (Å²) >= 11 is 0. The van der Waals surface area contributed by atoms with Crippen LogP contribution in [0.25, 0.3) is 10.8 Å². The Bertz CT molecular complexity index is 571. The number of phosphoric acid groups is 1. The third kappa shape index (κ3) is 5.72. The van der Waals surface area contributed by atoms with Crippen LogP contribution in [-0.2, 0) is 9.30 Å². The molecule has 0 aliphatic heterocycles. The molecule has 0 aromatic heterocycles. The smallest absolute Gasteiger partial charge is 0.404 e. The quantitative estimate of drug-likeness (QED) is 0.846. The van der Waals surface area contributed by atoms with Crippen LogP contribution in [0.1, 0.15) is 13.8 Å². The molecule has 2 rings (SSSR count). The molecule has 0 saturated heterocycles. The second-order valence-corrected chi connectivity index (χ2v) is 5.00. The molecular weight excluding hydrogens is 279 g/mol. The predicted molar refractivity (Wildman–Crippen MR) is 78.8 cm³/mol. The first-order valence-corrected chi connectivity index (χ1v) is 7.81. The normalized spacial score (nSPS) is 10.8. The first-order valence-electron chi connectivity index (χ1n) is 6.28. The summed E-state index contributed by atoms with van der Waals surface area (Å²) in [6.07, 6.45) is 0. The first kappa shape index (κ1) is 16.7. The van der Waals surface area contributed by atoms with Gasteiger partial charge in [-0.05, 0) is 25.3 Å². The second kappa shape index (κ2) is 8.02. The fraction of sp³-hybridized carbons (Fsp3) is 0.286. The van der Waals surface area contributed by atoms with E-state index in [4.69, 9.17) is 14.5 Å². The van der Waals surface area contributed by atoms with Gasteiger partial charge >= 0.3 is 7.82 Å². The number of hydrogen-bond donors (Lipinski definition) is 2. The van der Waals surface area contributed by atoms with Crippen LogP contribution in [-0.4, -0.2) is 23.0 Å². The maximum absolute atomic E-state index is 10.7. The van der Waals surface area contributed by atoms with Gasteiger partial charge in [0.15, 0.2) is 0 Å². The Kier molecular flexibility index (Phi) is 6.68. The molecule has 0 spiro atoms. The molecule has 0 heterocycles. The lowest BCUT2D eigenvalue weighted by molar-refractivity contribution is 0.162. The number of rotatable bonds is 4. The van der Waals surface area contributed by atoms with Gasteiger partial charge < -0.3 is 9.26 Å². The van der Waals surface area contributed by atoms with Gasteiger partial charge in [-0.3, -0.25) is 9.79 Å². The summed E-state index contributed by atoms with van der Waals surface area (Å²) in [4.78, 5) is 17.4. The topological polar surface area (TPSA) is 76.0 Å². The maximum atomic E-state index is 10.7. The van der Waals surface area contributed by atoms with E-state index in [0.717, 1.165) is 18.6 Å². The van der Waals surface area contributed by atoms with Gasteiger partial charge in [0, 0.05) is 18.6 Å². The van der Waals surface area contributed by atoms with Crippen LogP contribution in [0.15, 0.2) is 42.5 Å². The predicted octanol–water partition coefficient (Wildman–Crippen LogP) is 3.35. The van der Waals surface area contributed by atoms with Gasteiger partial charge in [-0.1, -0.05) is 36.4 Å². The minimum atomic E-state index is -4.49. The van der Waals surface area contributed by atoms with E-state index >= 15 is 0 Å². The number of hydrogen-bond acceptors (Lipinski definition) is 3. The minimum absolute atomic E-state index is 0.196. The van der Waals surface area contributed by atoms with Crippen molar-refractivity contribution in [3.8, 4) is 5.75 Å². The Morgan fingerprint density at radius 2 is 1.60 bits per heavy atom. The molecule has 0 radical (unpaired) electrons. The van der Waals surface area contributed by atoms with Crippen LogP contribution in [0.3, 0.4) is 0 Å². The Balaban J connectivity index is 0.000000347. The van der Waals surface area contributed by atoms with Crippen molar-refractivity contribution in [3.05, 3.63) is 42.5 Å². The molecule has 6 heteroatoms. The number of ether oxygens (including phenoxy) is 1. The summed E-state index contributed by atoms with van der Waals surface area (Å²) in [5.41, 5.74) is 0. The van der Waals surface area contributed by atoms with E-state index in [1.54, 1.807) is 18.2 Å². The zero-order valence-corrected chi connectivity index (χ0v) is 12.4. The van der Waals surface area contributed by atoms with Gasteiger partial charge in [-0.15, -0.1) is 0 Å². The number of benzene rings is 2. The van der Waals surface area contributed by atoms with Crippen molar-refractivity contribution in [1.82, 2.24) is 0 Å². The van der Waals surface area contributed by atoms with E-state index in [1.165, 1.54) is 6.07 Å². The Morgan fingerprint density at radius 1 is 1.00 bits per heavy atom. The minimum Gasteiger partial charge on any atom is -0.404 e. The van der Waals surface area contributed by atoms with Crippen molar-refractivity contribution in [2.24, 2.45) is 0 Å². The molecule has 0 atom stereocenters. The van der Waals surface area contributed by atoms with E-state index in [9.17, 15) is 4.57 Å². The summed E-state index contributed by atoms with van der Waals surface area (Å²) in [6, 6.07) is 12.3. The van der Waals surface area contributed by atoms with Crippen LogP contribution in [0.2, 0.25) is 0 Å². The summed E-state index contributed by atoms with van der Waals surface area (Å²) in [7, 11) is -4.49. The fourth-order valence-corrected chi connectivity index (χ4v) is 2.02. The number of fused-ring (bicyclic) bond motifs is 1. The highest BCUT2D eigenvalue weighted by atomic mass is 31.2. The number of phosphoric ester groups is 1. The zero-order valence-electron chi connectivity index (χ0n) is 11.5. The fourth-order valence-electron chi connectivity index (χ4n) is 1.61. The highest BCUT2D eigenvalue weighted by molar-refractivity contribution is 7.46. The third-order valence-corrected chi connectivity index (χ3v) is 2.81. The van der Waals surface area contributed by atoms with E-state index < -0.39 is 7.82 Å². The SMILES string of the molecule is CCOCC.O=P(O)(O)Oc1cccc2ccccc12. The first-order chi connectivity index (χ1) is 9.48. The van der Waals surface area contributed by atoms with Crippen molar-refractivity contribution >= 4 is 18.6 Å². The second-order valence-electron chi connectivity index (χ2n) is 3.84. The summed E-state index contributed by atoms with van der Waals surface area (Å²) in [6.45, 7) is 5.67. The van der Waals surface area contributed by atoms with Gasteiger partial charge in [-0.2, -0.15) is 0 Å². The Labute approximate surface area is 118 Å². The van der Waals surface area contributed by atoms with Crippen LogP contribution in [0, 0.1) is 0 Å². The highest BCUT2D eigenvalue weighted by Gasteiger charge is 2.16. The molecule has 2 aromatic carbocycles. The molecule has 0 amide bonds. The maximum Gasteiger partial charge on any atom is 0.524 e. The molecule has 110 valence electrons. The Hall–Kier alpha value is -1.39. The zero-order chi connectivity index (χ0) is 15.0.